The highest BCUT2D eigenvalue weighted by Crippen LogP contribution is 2.27. The van der Waals surface area contributed by atoms with Gasteiger partial charge < -0.3 is 9.30 Å². The van der Waals surface area contributed by atoms with Crippen LogP contribution >= 0.6 is 11.6 Å². The zero-order valence-electron chi connectivity index (χ0n) is 16.1. The van der Waals surface area contributed by atoms with E-state index in [9.17, 15) is 8.42 Å². The smallest absolute Gasteiger partial charge is 0.244 e. The lowest BCUT2D eigenvalue weighted by atomic mass is 10.2. The van der Waals surface area contributed by atoms with Crippen molar-refractivity contribution in [2.24, 2.45) is 0 Å². The molecule has 2 heterocycles. The van der Waals surface area contributed by atoms with Crippen LogP contribution in [0.4, 0.5) is 0 Å². The molecule has 1 N–H and O–H groups in total. The quantitative estimate of drug-likeness (QED) is 0.472. The van der Waals surface area contributed by atoms with Crippen LogP contribution in [0, 0.1) is 0 Å². The summed E-state index contributed by atoms with van der Waals surface area (Å²) < 4.78 is 35.5. The van der Waals surface area contributed by atoms with Gasteiger partial charge in [-0.15, -0.1) is 0 Å². The number of rotatable bonds is 7. The lowest BCUT2D eigenvalue weighted by Crippen LogP contribution is -2.25. The number of ether oxygens (including phenoxy) is 1. The maximum atomic E-state index is 12.9. The van der Waals surface area contributed by atoms with Crippen LogP contribution in [-0.4, -0.2) is 30.1 Å². The van der Waals surface area contributed by atoms with E-state index >= 15 is 0 Å². The largest absolute Gasteiger partial charge is 0.495 e. The molecule has 0 aliphatic carbocycles. The molecule has 0 aliphatic heterocycles. The van der Waals surface area contributed by atoms with Crippen molar-refractivity contribution < 1.29 is 13.2 Å². The van der Waals surface area contributed by atoms with Crippen LogP contribution in [0.2, 0.25) is 5.02 Å². The highest BCUT2D eigenvalue weighted by atomic mass is 35.5. The van der Waals surface area contributed by atoms with Gasteiger partial charge in [0.05, 0.1) is 20.2 Å². The van der Waals surface area contributed by atoms with Crippen molar-refractivity contribution in [3.05, 3.63) is 83.3 Å². The summed E-state index contributed by atoms with van der Waals surface area (Å²) >= 11 is 5.99. The van der Waals surface area contributed by atoms with Gasteiger partial charge in [-0.05, 0) is 35.9 Å². The molecule has 30 heavy (non-hydrogen) atoms. The third kappa shape index (κ3) is 4.16. The van der Waals surface area contributed by atoms with Crippen LogP contribution in [0.15, 0.2) is 71.8 Å². The third-order valence-electron chi connectivity index (χ3n) is 4.60. The number of aromatic nitrogens is 3. The Morgan fingerprint density at radius 3 is 2.67 bits per heavy atom. The molecule has 0 amide bonds. The number of pyridine rings is 1. The Morgan fingerprint density at radius 1 is 1.10 bits per heavy atom. The molecular formula is C21H19ClN4O3S. The average molecular weight is 443 g/mol. The molecular weight excluding hydrogens is 424 g/mol. The van der Waals surface area contributed by atoms with Gasteiger partial charge in [0.25, 0.3) is 0 Å². The first kappa shape index (κ1) is 20.3. The maximum Gasteiger partial charge on any atom is 0.244 e. The number of fused-ring (bicyclic) bond motifs is 1. The second-order valence-corrected chi connectivity index (χ2v) is 8.74. The number of nitrogens with one attached hydrogen (secondary N) is 1. The molecule has 154 valence electrons. The van der Waals surface area contributed by atoms with Gasteiger partial charge in [0.2, 0.25) is 10.0 Å². The van der Waals surface area contributed by atoms with Gasteiger partial charge in [-0.1, -0.05) is 41.9 Å². The van der Waals surface area contributed by atoms with E-state index in [1.807, 2.05) is 41.0 Å². The van der Waals surface area contributed by atoms with Crippen LogP contribution in [-0.2, 0) is 23.1 Å². The summed E-state index contributed by atoms with van der Waals surface area (Å²) in [5, 5.41) is 0.302. The van der Waals surface area contributed by atoms with Gasteiger partial charge in [0.1, 0.15) is 22.0 Å². The molecule has 0 saturated heterocycles. The zero-order valence-corrected chi connectivity index (χ0v) is 17.7. The maximum absolute atomic E-state index is 12.9. The lowest BCUT2D eigenvalue weighted by molar-refractivity contribution is 0.402. The molecule has 0 aliphatic rings. The number of sulfonamides is 1. The fraction of sp³-hybridized carbons (Fsp3) is 0.143. The number of halogens is 1. The van der Waals surface area contributed by atoms with E-state index in [-0.39, 0.29) is 17.2 Å². The SMILES string of the molecule is COc1ccc(Cl)cc1S(=O)(=O)NCc1nc2cccnc2n1Cc1ccccc1. The summed E-state index contributed by atoms with van der Waals surface area (Å²) in [6.07, 6.45) is 1.69. The third-order valence-corrected chi connectivity index (χ3v) is 6.26. The van der Waals surface area contributed by atoms with Crippen molar-refractivity contribution in [3.63, 3.8) is 0 Å². The molecule has 0 fully saturated rings. The van der Waals surface area contributed by atoms with Crippen LogP contribution in [0.3, 0.4) is 0 Å². The Hall–Kier alpha value is -2.94. The highest BCUT2D eigenvalue weighted by molar-refractivity contribution is 7.89. The van der Waals surface area contributed by atoms with E-state index in [0.29, 0.717) is 28.6 Å². The van der Waals surface area contributed by atoms with Crippen molar-refractivity contribution >= 4 is 32.8 Å². The monoisotopic (exact) mass is 442 g/mol. The van der Waals surface area contributed by atoms with E-state index in [1.165, 1.54) is 19.2 Å². The van der Waals surface area contributed by atoms with E-state index in [0.717, 1.165) is 5.56 Å². The summed E-state index contributed by atoms with van der Waals surface area (Å²) in [5.41, 5.74) is 2.45. The molecule has 0 unspecified atom stereocenters. The molecule has 9 heteroatoms. The van der Waals surface area contributed by atoms with Gasteiger partial charge in [0, 0.05) is 11.2 Å². The minimum atomic E-state index is -3.88. The Kier molecular flexibility index (Phi) is 5.72. The highest BCUT2D eigenvalue weighted by Gasteiger charge is 2.21. The number of hydrogen-bond donors (Lipinski definition) is 1. The van der Waals surface area contributed by atoms with Gasteiger partial charge in [-0.25, -0.2) is 23.1 Å². The van der Waals surface area contributed by atoms with E-state index < -0.39 is 10.0 Å². The zero-order chi connectivity index (χ0) is 21.1. The molecule has 0 radical (unpaired) electrons. The molecule has 7 nitrogen and oxygen atoms in total. The first-order valence-corrected chi connectivity index (χ1v) is 11.0. The normalized spacial score (nSPS) is 11.7. The predicted octanol–water partition coefficient (Wildman–Crippen LogP) is 3.62. The number of benzene rings is 2. The lowest BCUT2D eigenvalue weighted by Gasteiger charge is -2.12. The van der Waals surface area contributed by atoms with Gasteiger partial charge >= 0.3 is 0 Å². The van der Waals surface area contributed by atoms with Gasteiger partial charge in [0.15, 0.2) is 5.65 Å². The van der Waals surface area contributed by atoms with E-state index in [4.69, 9.17) is 16.3 Å². The summed E-state index contributed by atoms with van der Waals surface area (Å²) in [6, 6.07) is 18.0. The van der Waals surface area contributed by atoms with Crippen LogP contribution in [0.1, 0.15) is 11.4 Å². The van der Waals surface area contributed by atoms with E-state index in [2.05, 4.69) is 14.7 Å². The van der Waals surface area contributed by atoms with Gasteiger partial charge in [-0.3, -0.25) is 0 Å². The molecule has 0 bridgehead atoms. The predicted molar refractivity (Wildman–Crippen MR) is 115 cm³/mol. The van der Waals surface area contributed by atoms with Crippen molar-refractivity contribution in [1.29, 1.82) is 0 Å². The minimum Gasteiger partial charge on any atom is -0.495 e. The Bertz CT molecular complexity index is 1290. The molecule has 4 aromatic rings. The summed E-state index contributed by atoms with van der Waals surface area (Å²) in [4.78, 5) is 8.98. The Labute approximate surface area is 179 Å². The molecule has 2 aromatic carbocycles. The first-order chi connectivity index (χ1) is 14.5. The van der Waals surface area contributed by atoms with Crippen LogP contribution in [0.25, 0.3) is 11.2 Å². The number of nitrogens with zero attached hydrogens (tertiary/aromatic N) is 3. The number of methoxy groups -OCH3 is 1. The Morgan fingerprint density at radius 2 is 1.90 bits per heavy atom. The molecule has 0 spiro atoms. The Balaban J connectivity index is 1.67. The topological polar surface area (TPSA) is 86.1 Å². The average Bonchev–Trinajstić information content (AvgIpc) is 3.10. The van der Waals surface area contributed by atoms with Crippen molar-refractivity contribution in [2.75, 3.05) is 7.11 Å². The van der Waals surface area contributed by atoms with Crippen LogP contribution in [0.5, 0.6) is 5.75 Å². The van der Waals surface area contributed by atoms with Crippen molar-refractivity contribution in [1.82, 2.24) is 19.3 Å². The fourth-order valence-electron chi connectivity index (χ4n) is 3.17. The van der Waals surface area contributed by atoms with Gasteiger partial charge in [-0.2, -0.15) is 0 Å². The van der Waals surface area contributed by atoms with Crippen molar-refractivity contribution in [3.8, 4) is 5.75 Å². The summed E-state index contributed by atoms with van der Waals surface area (Å²) in [7, 11) is -2.47. The second kappa shape index (κ2) is 8.43. The number of imidazole rings is 1. The standard InChI is InChI=1S/C21H19ClN4O3S/c1-29-18-10-9-16(22)12-19(18)30(27,28)24-13-20-25-17-8-5-11-23-21(17)26(20)14-15-6-3-2-4-7-15/h2-12,24H,13-14H2,1H3. The second-order valence-electron chi connectivity index (χ2n) is 6.57. The molecule has 2 aromatic heterocycles. The first-order valence-electron chi connectivity index (χ1n) is 9.15. The minimum absolute atomic E-state index is 0.0127. The van der Waals surface area contributed by atoms with Crippen molar-refractivity contribution in [2.45, 2.75) is 18.0 Å². The molecule has 0 saturated carbocycles. The number of hydrogen-bond acceptors (Lipinski definition) is 5. The van der Waals surface area contributed by atoms with E-state index in [1.54, 1.807) is 18.3 Å². The fourth-order valence-corrected chi connectivity index (χ4v) is 4.58. The van der Waals surface area contributed by atoms with Crippen LogP contribution < -0.4 is 9.46 Å². The summed E-state index contributed by atoms with van der Waals surface area (Å²) in [5.74, 6) is 0.767. The molecule has 4 rings (SSSR count). The summed E-state index contributed by atoms with van der Waals surface area (Å²) in [6.45, 7) is 0.507. The molecule has 0 atom stereocenters.